The predicted octanol–water partition coefficient (Wildman–Crippen LogP) is 4.13. The standard InChI is InChI=1S/C26H22N2O4S2/c1-11-6-8-12(9-7-11)28-24(30)19-14-10-15(20(19)25(28)31)21-18(14)17(13-4-2-3-5-16(13)29)22-23(33-21)27-26(32)34-22/h2-9,14-15,17-21,29H,10H2,1H3,(H,27,32)/t14-,15-,17?,18?,19?,20?,21?/m1/s1. The molecule has 172 valence electrons. The van der Waals surface area contributed by atoms with Crippen molar-refractivity contribution >= 4 is 40.6 Å². The number of aryl methyl sites for hydroxylation is 1. The number of aromatic hydroxyl groups is 1. The van der Waals surface area contributed by atoms with Crippen molar-refractivity contribution in [3.8, 4) is 5.75 Å². The van der Waals surface area contributed by atoms with Gasteiger partial charge in [-0.05, 0) is 49.3 Å². The molecule has 2 bridgehead atoms. The summed E-state index contributed by atoms with van der Waals surface area (Å²) in [4.78, 5) is 44.8. The fourth-order valence-corrected chi connectivity index (χ4v) is 9.94. The smallest absolute Gasteiger partial charge is 0.305 e. The van der Waals surface area contributed by atoms with E-state index in [1.807, 2.05) is 43.3 Å². The molecule has 2 amide bonds. The fraction of sp³-hybridized carbons (Fsp3) is 0.346. The summed E-state index contributed by atoms with van der Waals surface area (Å²) in [7, 11) is 0. The number of para-hydroxylation sites is 1. The van der Waals surface area contributed by atoms with Crippen LogP contribution in [0, 0.1) is 36.5 Å². The SMILES string of the molecule is Cc1ccc(N2C(=O)C3C(C2=O)[C@@H]2C[C@H]3C3Sc4[nH]c(=O)sc4C(c4ccccc4O)C32)cc1. The lowest BCUT2D eigenvalue weighted by molar-refractivity contribution is -0.123. The van der Waals surface area contributed by atoms with Gasteiger partial charge in [-0.1, -0.05) is 47.2 Å². The normalized spacial score (nSPS) is 33.2. The molecule has 1 aromatic heterocycles. The third-order valence-corrected chi connectivity index (χ3v) is 10.9. The van der Waals surface area contributed by atoms with Gasteiger partial charge in [0.05, 0.1) is 22.5 Å². The molecule has 3 aromatic rings. The van der Waals surface area contributed by atoms with Crippen LogP contribution in [0.2, 0.25) is 0 Å². The van der Waals surface area contributed by atoms with E-state index in [0.717, 1.165) is 27.5 Å². The number of carbonyl (C=O) groups is 2. The average Bonchev–Trinajstić information content (AvgIpc) is 3.54. The number of thioether (sulfide) groups is 1. The molecule has 4 aliphatic rings. The van der Waals surface area contributed by atoms with Crippen LogP contribution in [0.4, 0.5) is 5.69 Å². The highest BCUT2D eigenvalue weighted by molar-refractivity contribution is 8.00. The number of fused-ring (bicyclic) bond motifs is 9. The van der Waals surface area contributed by atoms with Crippen molar-refractivity contribution in [2.24, 2.45) is 29.6 Å². The number of aromatic amines is 1. The Morgan fingerprint density at radius 3 is 2.41 bits per heavy atom. The maximum absolute atomic E-state index is 13.7. The number of H-pyrrole nitrogens is 1. The lowest BCUT2D eigenvalue weighted by Crippen LogP contribution is -2.42. The molecule has 2 saturated carbocycles. The first kappa shape index (κ1) is 20.5. The second kappa shape index (κ2) is 7.09. The third-order valence-electron chi connectivity index (χ3n) is 8.29. The number of imide groups is 1. The molecule has 1 saturated heterocycles. The Labute approximate surface area is 204 Å². The van der Waals surface area contributed by atoms with Crippen LogP contribution in [0.1, 0.15) is 28.3 Å². The summed E-state index contributed by atoms with van der Waals surface area (Å²) in [5.41, 5.74) is 2.52. The minimum Gasteiger partial charge on any atom is -0.508 e. The molecule has 0 spiro atoms. The van der Waals surface area contributed by atoms with Crippen molar-refractivity contribution in [3.63, 3.8) is 0 Å². The number of hydrogen-bond donors (Lipinski definition) is 2. The van der Waals surface area contributed by atoms with Gasteiger partial charge in [0.15, 0.2) is 0 Å². The van der Waals surface area contributed by atoms with Gasteiger partial charge in [-0.3, -0.25) is 19.3 Å². The molecule has 0 radical (unpaired) electrons. The molecule has 3 heterocycles. The number of nitrogens with one attached hydrogen (secondary N) is 1. The van der Waals surface area contributed by atoms with Gasteiger partial charge >= 0.3 is 4.87 Å². The van der Waals surface area contributed by atoms with Gasteiger partial charge in [0.25, 0.3) is 0 Å². The second-order valence-corrected chi connectivity index (χ2v) is 12.1. The Hall–Kier alpha value is -2.84. The van der Waals surface area contributed by atoms with E-state index < -0.39 is 0 Å². The van der Waals surface area contributed by atoms with Gasteiger partial charge in [0.1, 0.15) is 5.75 Å². The predicted molar refractivity (Wildman–Crippen MR) is 130 cm³/mol. The second-order valence-electron chi connectivity index (χ2n) is 9.87. The Bertz CT molecular complexity index is 1410. The van der Waals surface area contributed by atoms with Gasteiger partial charge in [0, 0.05) is 21.6 Å². The molecule has 3 fully saturated rings. The highest BCUT2D eigenvalue weighted by atomic mass is 32.2. The number of aromatic nitrogens is 1. The number of phenols is 1. The van der Waals surface area contributed by atoms with E-state index in [0.29, 0.717) is 5.69 Å². The molecule has 2 N–H and O–H groups in total. The molecule has 6 nitrogen and oxygen atoms in total. The Balaban J connectivity index is 1.34. The van der Waals surface area contributed by atoms with E-state index in [9.17, 15) is 19.5 Å². The Morgan fingerprint density at radius 1 is 0.971 bits per heavy atom. The maximum atomic E-state index is 13.7. The summed E-state index contributed by atoms with van der Waals surface area (Å²) in [5, 5.41) is 11.7. The fourth-order valence-electron chi connectivity index (χ4n) is 7.06. The van der Waals surface area contributed by atoms with Crippen LogP contribution in [0.15, 0.2) is 58.4 Å². The number of thiazole rings is 1. The van der Waals surface area contributed by atoms with Gasteiger partial charge in [-0.15, -0.1) is 11.8 Å². The first-order chi connectivity index (χ1) is 16.4. The lowest BCUT2D eigenvalue weighted by Gasteiger charge is -2.43. The van der Waals surface area contributed by atoms with Crippen molar-refractivity contribution in [1.29, 1.82) is 0 Å². The first-order valence-electron chi connectivity index (χ1n) is 11.6. The summed E-state index contributed by atoms with van der Waals surface area (Å²) in [5.74, 6) is -0.615. The number of rotatable bonds is 2. The highest BCUT2D eigenvalue weighted by Crippen LogP contribution is 2.69. The number of anilines is 1. The van der Waals surface area contributed by atoms with Crippen LogP contribution in [0.25, 0.3) is 0 Å². The van der Waals surface area contributed by atoms with Crippen LogP contribution < -0.4 is 9.77 Å². The molecule has 34 heavy (non-hydrogen) atoms. The van der Waals surface area contributed by atoms with Gasteiger partial charge in [-0.25, -0.2) is 0 Å². The van der Waals surface area contributed by atoms with Crippen molar-refractivity contribution in [2.75, 3.05) is 4.90 Å². The van der Waals surface area contributed by atoms with Crippen LogP contribution in [0.5, 0.6) is 5.75 Å². The van der Waals surface area contributed by atoms with Gasteiger partial charge in [0.2, 0.25) is 11.8 Å². The van der Waals surface area contributed by atoms with E-state index in [-0.39, 0.29) is 63.2 Å². The van der Waals surface area contributed by atoms with Crippen LogP contribution in [-0.4, -0.2) is 27.2 Å². The lowest BCUT2D eigenvalue weighted by atomic mass is 9.68. The topological polar surface area (TPSA) is 90.5 Å². The van der Waals surface area contributed by atoms with E-state index in [1.165, 1.54) is 16.2 Å². The summed E-state index contributed by atoms with van der Waals surface area (Å²) in [6.45, 7) is 1.98. The number of carbonyl (C=O) groups excluding carboxylic acids is 2. The highest BCUT2D eigenvalue weighted by Gasteiger charge is 2.69. The minimum atomic E-state index is -0.341. The zero-order chi connectivity index (χ0) is 23.3. The Morgan fingerprint density at radius 2 is 1.68 bits per heavy atom. The molecule has 7 rings (SSSR count). The molecule has 7 atom stereocenters. The van der Waals surface area contributed by atoms with E-state index in [4.69, 9.17) is 0 Å². The number of nitrogens with zero attached hydrogens (tertiary/aromatic N) is 1. The van der Waals surface area contributed by atoms with Crippen molar-refractivity contribution in [3.05, 3.63) is 74.2 Å². The monoisotopic (exact) mass is 490 g/mol. The summed E-state index contributed by atoms with van der Waals surface area (Å²) in [6, 6.07) is 14.9. The summed E-state index contributed by atoms with van der Waals surface area (Å²) >= 11 is 2.86. The molecular weight excluding hydrogens is 468 g/mol. The molecule has 8 heteroatoms. The average molecular weight is 491 g/mol. The molecule has 2 aliphatic carbocycles. The van der Waals surface area contributed by atoms with Crippen LogP contribution in [0.3, 0.4) is 0 Å². The van der Waals surface area contributed by atoms with Crippen LogP contribution >= 0.6 is 23.1 Å². The molecular formula is C26H22N2O4S2. The number of benzene rings is 2. The number of phenolic OH excluding ortho intramolecular Hbond substituents is 1. The van der Waals surface area contributed by atoms with Crippen molar-refractivity contribution in [2.45, 2.75) is 29.5 Å². The Kier molecular flexibility index (Phi) is 4.28. The maximum Gasteiger partial charge on any atom is 0.305 e. The number of hydrogen-bond acceptors (Lipinski definition) is 6. The molecule has 2 aromatic carbocycles. The van der Waals surface area contributed by atoms with Crippen LogP contribution in [-0.2, 0) is 9.59 Å². The first-order valence-corrected chi connectivity index (χ1v) is 13.3. The summed E-state index contributed by atoms with van der Waals surface area (Å²) < 4.78 is 0. The minimum absolute atomic E-state index is 0.0364. The quantitative estimate of drug-likeness (QED) is 0.527. The van der Waals surface area contributed by atoms with E-state index in [1.54, 1.807) is 23.9 Å². The van der Waals surface area contributed by atoms with E-state index in [2.05, 4.69) is 4.98 Å². The zero-order valence-electron chi connectivity index (χ0n) is 18.3. The van der Waals surface area contributed by atoms with Crippen molar-refractivity contribution < 1.29 is 14.7 Å². The largest absolute Gasteiger partial charge is 0.508 e. The van der Waals surface area contributed by atoms with Gasteiger partial charge in [-0.2, -0.15) is 0 Å². The third kappa shape index (κ3) is 2.61. The number of amides is 2. The molecule has 2 aliphatic heterocycles. The van der Waals surface area contributed by atoms with E-state index >= 15 is 0 Å². The van der Waals surface area contributed by atoms with Gasteiger partial charge < -0.3 is 10.1 Å². The van der Waals surface area contributed by atoms with Crippen molar-refractivity contribution in [1.82, 2.24) is 4.98 Å². The molecule has 5 unspecified atom stereocenters. The summed E-state index contributed by atoms with van der Waals surface area (Å²) in [6.07, 6.45) is 0.833. The zero-order valence-corrected chi connectivity index (χ0v) is 19.9.